The molecule has 0 aliphatic rings. The standard InChI is InChI=1S/C5H9BrN4/c1-5(2,3)4-7-8-9-10(4)6/h1-3H3. The molecule has 0 unspecified atom stereocenters. The third-order valence-corrected chi connectivity index (χ3v) is 1.58. The maximum absolute atomic E-state index is 3.84. The van der Waals surface area contributed by atoms with Crippen LogP contribution in [-0.4, -0.2) is 19.2 Å². The Hall–Kier alpha value is -0.450. The van der Waals surface area contributed by atoms with Crippen LogP contribution in [0.15, 0.2) is 0 Å². The first-order valence-electron chi connectivity index (χ1n) is 2.97. The van der Waals surface area contributed by atoms with Crippen LogP contribution >= 0.6 is 16.1 Å². The molecule has 0 saturated heterocycles. The van der Waals surface area contributed by atoms with Gasteiger partial charge in [0.1, 0.15) is 0 Å². The highest BCUT2D eigenvalue weighted by Gasteiger charge is 2.20. The van der Waals surface area contributed by atoms with Gasteiger partial charge in [-0.05, 0) is 10.4 Å². The molecule has 56 valence electrons. The number of aromatic nitrogens is 4. The first-order chi connectivity index (χ1) is 4.52. The van der Waals surface area contributed by atoms with Gasteiger partial charge in [0.25, 0.3) is 0 Å². The smallest absolute Gasteiger partial charge is 0.161 e. The van der Waals surface area contributed by atoms with Gasteiger partial charge in [0.15, 0.2) is 5.82 Å². The average Bonchev–Trinajstić information content (AvgIpc) is 2.11. The predicted octanol–water partition coefficient (Wildman–Crippen LogP) is 1.13. The Morgan fingerprint density at radius 2 is 2.00 bits per heavy atom. The molecule has 5 heteroatoms. The summed E-state index contributed by atoms with van der Waals surface area (Å²) in [6.07, 6.45) is 0. The SMILES string of the molecule is CC(C)(C)c1nnnn1Br. The number of hydrogen-bond donors (Lipinski definition) is 0. The van der Waals surface area contributed by atoms with Crippen molar-refractivity contribution < 1.29 is 0 Å². The van der Waals surface area contributed by atoms with Gasteiger partial charge in [-0.15, -0.1) is 5.10 Å². The summed E-state index contributed by atoms with van der Waals surface area (Å²) in [5.41, 5.74) is -0.00694. The van der Waals surface area contributed by atoms with E-state index in [4.69, 9.17) is 0 Å². The topological polar surface area (TPSA) is 43.6 Å². The van der Waals surface area contributed by atoms with Crippen LogP contribution in [0.1, 0.15) is 26.6 Å². The van der Waals surface area contributed by atoms with Crippen LogP contribution in [0.4, 0.5) is 0 Å². The van der Waals surface area contributed by atoms with E-state index >= 15 is 0 Å². The van der Waals surface area contributed by atoms with Crippen LogP contribution in [0, 0.1) is 0 Å². The van der Waals surface area contributed by atoms with Gasteiger partial charge >= 0.3 is 0 Å². The van der Waals surface area contributed by atoms with E-state index in [1.54, 1.807) is 0 Å². The van der Waals surface area contributed by atoms with Crippen molar-refractivity contribution in [3.05, 3.63) is 5.82 Å². The second kappa shape index (κ2) is 2.30. The van der Waals surface area contributed by atoms with Gasteiger partial charge in [-0.3, -0.25) is 0 Å². The van der Waals surface area contributed by atoms with Gasteiger partial charge < -0.3 is 0 Å². The second-order valence-corrected chi connectivity index (χ2v) is 3.78. The fraction of sp³-hybridized carbons (Fsp3) is 0.800. The third kappa shape index (κ3) is 1.34. The quantitative estimate of drug-likeness (QED) is 0.637. The summed E-state index contributed by atoms with van der Waals surface area (Å²) in [7, 11) is 0. The average molecular weight is 205 g/mol. The highest BCUT2D eigenvalue weighted by Crippen LogP contribution is 2.19. The molecule has 0 saturated carbocycles. The number of rotatable bonds is 0. The van der Waals surface area contributed by atoms with Crippen molar-refractivity contribution in [2.45, 2.75) is 26.2 Å². The fourth-order valence-electron chi connectivity index (χ4n) is 0.604. The molecule has 1 rings (SSSR count). The fourth-order valence-corrected chi connectivity index (χ4v) is 1.27. The normalized spacial score (nSPS) is 12.0. The Kier molecular flexibility index (Phi) is 1.76. The predicted molar refractivity (Wildman–Crippen MR) is 40.8 cm³/mol. The first-order valence-corrected chi connectivity index (χ1v) is 3.68. The lowest BCUT2D eigenvalue weighted by atomic mass is 9.96. The summed E-state index contributed by atoms with van der Waals surface area (Å²) in [6.45, 7) is 6.16. The number of hydrogen-bond acceptors (Lipinski definition) is 3. The Morgan fingerprint density at radius 1 is 1.40 bits per heavy atom. The molecule has 1 aromatic heterocycles. The van der Waals surface area contributed by atoms with Gasteiger partial charge in [-0.25, -0.2) is 0 Å². The number of tetrazole rings is 1. The molecular weight excluding hydrogens is 196 g/mol. The molecule has 0 N–H and O–H groups in total. The molecule has 1 aromatic rings. The van der Waals surface area contributed by atoms with Crippen molar-refractivity contribution in [2.24, 2.45) is 0 Å². The van der Waals surface area contributed by atoms with E-state index in [2.05, 4.69) is 52.4 Å². The Bertz CT molecular complexity index is 224. The molecule has 0 amide bonds. The summed E-state index contributed by atoms with van der Waals surface area (Å²) in [5, 5.41) is 11.0. The molecule has 0 radical (unpaired) electrons. The molecule has 0 spiro atoms. The summed E-state index contributed by atoms with van der Waals surface area (Å²) >= 11 is 3.18. The summed E-state index contributed by atoms with van der Waals surface area (Å²) < 4.78 is 1.51. The molecule has 1 heterocycles. The van der Waals surface area contributed by atoms with Gasteiger partial charge in [-0.1, -0.05) is 20.8 Å². The number of halogens is 1. The van der Waals surface area contributed by atoms with Crippen LogP contribution in [0.25, 0.3) is 0 Å². The van der Waals surface area contributed by atoms with E-state index in [1.807, 2.05) is 0 Å². The van der Waals surface area contributed by atoms with E-state index < -0.39 is 0 Å². The van der Waals surface area contributed by atoms with Crippen molar-refractivity contribution in [1.29, 1.82) is 0 Å². The van der Waals surface area contributed by atoms with E-state index in [0.717, 1.165) is 5.82 Å². The zero-order valence-electron chi connectivity index (χ0n) is 6.17. The lowest BCUT2D eigenvalue weighted by molar-refractivity contribution is 0.541. The van der Waals surface area contributed by atoms with E-state index in [1.165, 1.54) is 3.71 Å². The Morgan fingerprint density at radius 3 is 2.20 bits per heavy atom. The van der Waals surface area contributed by atoms with Crippen molar-refractivity contribution in [3.8, 4) is 0 Å². The van der Waals surface area contributed by atoms with Gasteiger partial charge in [0, 0.05) is 5.41 Å². The Balaban J connectivity index is 3.05. The molecule has 0 aliphatic heterocycles. The molecule has 0 aromatic carbocycles. The van der Waals surface area contributed by atoms with E-state index in [9.17, 15) is 0 Å². The zero-order valence-corrected chi connectivity index (χ0v) is 7.75. The molecule has 4 nitrogen and oxygen atoms in total. The first kappa shape index (κ1) is 7.65. The van der Waals surface area contributed by atoms with E-state index in [0.29, 0.717) is 0 Å². The summed E-state index contributed by atoms with van der Waals surface area (Å²) in [5.74, 6) is 0.826. The lowest BCUT2D eigenvalue weighted by Crippen LogP contribution is -2.15. The second-order valence-electron chi connectivity index (χ2n) is 3.11. The van der Waals surface area contributed by atoms with Crippen LogP contribution in [-0.2, 0) is 5.41 Å². The van der Waals surface area contributed by atoms with Gasteiger partial charge in [0.2, 0.25) is 0 Å². The molecular formula is C5H9BrN4. The molecule has 10 heavy (non-hydrogen) atoms. The van der Waals surface area contributed by atoms with Crippen molar-refractivity contribution in [2.75, 3.05) is 0 Å². The van der Waals surface area contributed by atoms with Crippen LogP contribution in [0.3, 0.4) is 0 Å². The van der Waals surface area contributed by atoms with Gasteiger partial charge in [0.05, 0.1) is 16.1 Å². The van der Waals surface area contributed by atoms with Gasteiger partial charge in [-0.2, -0.15) is 3.71 Å². The molecule has 0 fully saturated rings. The minimum absolute atomic E-state index is 0.00694. The third-order valence-electron chi connectivity index (χ3n) is 1.10. The maximum Gasteiger partial charge on any atom is 0.169 e. The lowest BCUT2D eigenvalue weighted by Gasteiger charge is -2.13. The highest BCUT2D eigenvalue weighted by molar-refractivity contribution is 9.08. The van der Waals surface area contributed by atoms with Crippen LogP contribution < -0.4 is 0 Å². The van der Waals surface area contributed by atoms with E-state index in [-0.39, 0.29) is 5.41 Å². The van der Waals surface area contributed by atoms with Crippen molar-refractivity contribution in [3.63, 3.8) is 0 Å². The van der Waals surface area contributed by atoms with Crippen LogP contribution in [0.5, 0.6) is 0 Å². The van der Waals surface area contributed by atoms with Crippen LogP contribution in [0.2, 0.25) is 0 Å². The van der Waals surface area contributed by atoms with Crippen molar-refractivity contribution >= 4 is 16.1 Å². The Labute approximate surface area is 68.0 Å². The molecule has 0 aliphatic carbocycles. The monoisotopic (exact) mass is 204 g/mol. The zero-order chi connectivity index (χ0) is 7.78. The van der Waals surface area contributed by atoms with Crippen molar-refractivity contribution in [1.82, 2.24) is 19.2 Å². The summed E-state index contributed by atoms with van der Waals surface area (Å²) in [4.78, 5) is 0. The minimum atomic E-state index is -0.00694. The molecule has 0 bridgehead atoms. The largest absolute Gasteiger partial charge is 0.169 e. The maximum atomic E-state index is 3.84. The highest BCUT2D eigenvalue weighted by atomic mass is 79.9. The molecule has 0 atom stereocenters. The number of nitrogens with zero attached hydrogens (tertiary/aromatic N) is 4. The minimum Gasteiger partial charge on any atom is -0.161 e. The summed E-state index contributed by atoms with van der Waals surface area (Å²) in [6, 6.07) is 0.